The smallest absolute Gasteiger partial charge is 0.283 e. The molecule has 1 N–H and O–H groups in total. The molecule has 1 heterocycles. The highest BCUT2D eigenvalue weighted by molar-refractivity contribution is 9.10. The minimum atomic E-state index is -0.0796. The molecular weight excluding hydrogens is 332 g/mol. The van der Waals surface area contributed by atoms with Crippen molar-refractivity contribution < 1.29 is 0 Å². The highest BCUT2D eigenvalue weighted by Crippen LogP contribution is 2.16. The van der Waals surface area contributed by atoms with E-state index in [-0.39, 0.29) is 5.56 Å². The Morgan fingerprint density at radius 3 is 2.67 bits per heavy atom. The monoisotopic (exact) mass is 358 g/mol. The first-order chi connectivity index (χ1) is 9.86. The average Bonchev–Trinajstić information content (AvgIpc) is 2.44. The molecule has 1 aromatic rings. The van der Waals surface area contributed by atoms with Crippen molar-refractivity contribution in [3.05, 3.63) is 21.0 Å². The van der Waals surface area contributed by atoms with Gasteiger partial charge in [-0.05, 0) is 42.2 Å². The van der Waals surface area contributed by atoms with Crippen LogP contribution < -0.4 is 10.9 Å². The molecule has 120 valence electrons. The molecule has 1 unspecified atom stereocenters. The number of nitrogens with one attached hydrogen (secondary N) is 1. The van der Waals surface area contributed by atoms with Crippen molar-refractivity contribution in [2.24, 2.45) is 5.92 Å². The molecule has 0 radical (unpaired) electrons. The summed E-state index contributed by atoms with van der Waals surface area (Å²) in [5.74, 6) is 0.394. The Labute approximate surface area is 135 Å². The number of rotatable bonds is 8. The zero-order valence-corrected chi connectivity index (χ0v) is 15.3. The molecule has 21 heavy (non-hydrogen) atoms. The Morgan fingerprint density at radius 1 is 1.43 bits per heavy atom. The second-order valence-corrected chi connectivity index (χ2v) is 6.71. The predicted molar refractivity (Wildman–Crippen MR) is 91.9 cm³/mol. The van der Waals surface area contributed by atoms with Gasteiger partial charge in [-0.2, -0.15) is 5.10 Å². The van der Waals surface area contributed by atoms with Gasteiger partial charge in [-0.1, -0.05) is 20.8 Å². The lowest BCUT2D eigenvalue weighted by Crippen LogP contribution is -2.33. The first-order valence-electron chi connectivity index (χ1n) is 7.56. The topological polar surface area (TPSA) is 50.2 Å². The number of anilines is 1. The summed E-state index contributed by atoms with van der Waals surface area (Å²) in [5, 5.41) is 7.51. The van der Waals surface area contributed by atoms with Crippen LogP contribution in [0.2, 0.25) is 0 Å². The van der Waals surface area contributed by atoms with Gasteiger partial charge in [0.1, 0.15) is 4.47 Å². The van der Waals surface area contributed by atoms with E-state index in [1.165, 1.54) is 4.68 Å². The molecule has 0 bridgehead atoms. The van der Waals surface area contributed by atoms with E-state index < -0.39 is 0 Å². The summed E-state index contributed by atoms with van der Waals surface area (Å²) in [6, 6.07) is 0.562. The molecule has 0 saturated carbocycles. The van der Waals surface area contributed by atoms with E-state index in [9.17, 15) is 4.79 Å². The lowest BCUT2D eigenvalue weighted by atomic mass is 10.2. The molecule has 0 fully saturated rings. The van der Waals surface area contributed by atoms with Gasteiger partial charge in [0.25, 0.3) is 5.56 Å². The number of halogens is 1. The molecule has 1 atom stereocenters. The quantitative estimate of drug-likeness (QED) is 0.776. The summed E-state index contributed by atoms with van der Waals surface area (Å²) >= 11 is 3.38. The van der Waals surface area contributed by atoms with Crippen molar-refractivity contribution in [2.45, 2.75) is 46.7 Å². The van der Waals surface area contributed by atoms with Crippen molar-refractivity contribution in [3.8, 4) is 0 Å². The zero-order chi connectivity index (χ0) is 16.0. The standard InChI is InChI=1S/C15H27BrN4O/c1-6-12(4)19(5)8-7-17-13-9-18-20(10-11(2)3)15(21)14(13)16/h9,11-12,17H,6-8,10H2,1-5H3. The molecule has 0 aromatic carbocycles. The number of nitrogens with zero attached hydrogens (tertiary/aromatic N) is 3. The summed E-state index contributed by atoms with van der Waals surface area (Å²) in [6.07, 6.45) is 2.85. The van der Waals surface area contributed by atoms with Crippen molar-refractivity contribution in [2.75, 3.05) is 25.5 Å². The zero-order valence-electron chi connectivity index (χ0n) is 13.7. The Hall–Kier alpha value is -0.880. The van der Waals surface area contributed by atoms with E-state index in [2.05, 4.69) is 66.0 Å². The van der Waals surface area contributed by atoms with Crippen LogP contribution in [-0.4, -0.2) is 40.9 Å². The van der Waals surface area contributed by atoms with Crippen LogP contribution in [0, 0.1) is 5.92 Å². The van der Waals surface area contributed by atoms with Gasteiger partial charge in [0, 0.05) is 25.7 Å². The minimum Gasteiger partial charge on any atom is -0.381 e. The Morgan fingerprint density at radius 2 is 2.10 bits per heavy atom. The lowest BCUT2D eigenvalue weighted by Gasteiger charge is -2.23. The van der Waals surface area contributed by atoms with Gasteiger partial charge in [0.15, 0.2) is 0 Å². The second-order valence-electron chi connectivity index (χ2n) is 5.92. The molecule has 5 nitrogen and oxygen atoms in total. The van der Waals surface area contributed by atoms with Crippen molar-refractivity contribution in [3.63, 3.8) is 0 Å². The maximum absolute atomic E-state index is 12.2. The largest absolute Gasteiger partial charge is 0.381 e. The Balaban J connectivity index is 2.65. The van der Waals surface area contributed by atoms with Gasteiger partial charge < -0.3 is 10.2 Å². The summed E-state index contributed by atoms with van der Waals surface area (Å²) in [7, 11) is 2.11. The van der Waals surface area contributed by atoms with Crippen LogP contribution >= 0.6 is 15.9 Å². The van der Waals surface area contributed by atoms with Gasteiger partial charge in [-0.15, -0.1) is 0 Å². The first-order valence-corrected chi connectivity index (χ1v) is 8.35. The van der Waals surface area contributed by atoms with Crippen LogP contribution in [-0.2, 0) is 6.54 Å². The molecule has 0 aliphatic rings. The molecule has 1 aromatic heterocycles. The van der Waals surface area contributed by atoms with E-state index >= 15 is 0 Å². The van der Waals surface area contributed by atoms with Crippen LogP contribution in [0.15, 0.2) is 15.5 Å². The molecule has 6 heteroatoms. The Bertz CT molecular complexity index is 501. The Kier molecular flexibility index (Phi) is 7.39. The predicted octanol–water partition coefficient (Wildman–Crippen LogP) is 2.80. The van der Waals surface area contributed by atoms with E-state index in [0.717, 1.165) is 25.2 Å². The molecular formula is C15H27BrN4O. The van der Waals surface area contributed by atoms with Gasteiger partial charge in [-0.3, -0.25) is 4.79 Å². The third-order valence-electron chi connectivity index (χ3n) is 3.65. The van der Waals surface area contributed by atoms with Crippen LogP contribution in [0.3, 0.4) is 0 Å². The van der Waals surface area contributed by atoms with E-state index in [0.29, 0.717) is 23.0 Å². The van der Waals surface area contributed by atoms with Crippen LogP contribution in [0.1, 0.15) is 34.1 Å². The fourth-order valence-electron chi connectivity index (χ4n) is 1.96. The van der Waals surface area contributed by atoms with Crippen molar-refractivity contribution in [1.82, 2.24) is 14.7 Å². The lowest BCUT2D eigenvalue weighted by molar-refractivity contribution is 0.261. The molecule has 0 aliphatic carbocycles. The minimum absolute atomic E-state index is 0.0796. The van der Waals surface area contributed by atoms with Gasteiger partial charge in [0.2, 0.25) is 0 Å². The molecule has 0 aliphatic heterocycles. The number of hydrogen-bond acceptors (Lipinski definition) is 4. The molecule has 1 rings (SSSR count). The fourth-order valence-corrected chi connectivity index (χ4v) is 2.41. The maximum Gasteiger partial charge on any atom is 0.283 e. The maximum atomic E-state index is 12.2. The van der Waals surface area contributed by atoms with Crippen LogP contribution in [0.5, 0.6) is 0 Å². The molecule has 0 spiro atoms. The molecule has 0 amide bonds. The summed E-state index contributed by atoms with van der Waals surface area (Å²) in [6.45, 7) is 10.9. The van der Waals surface area contributed by atoms with E-state index in [1.54, 1.807) is 6.20 Å². The normalized spacial score (nSPS) is 13.0. The van der Waals surface area contributed by atoms with Gasteiger partial charge in [-0.25, -0.2) is 4.68 Å². The highest BCUT2D eigenvalue weighted by Gasteiger charge is 2.10. The number of aromatic nitrogens is 2. The summed E-state index contributed by atoms with van der Waals surface area (Å²) in [4.78, 5) is 14.5. The summed E-state index contributed by atoms with van der Waals surface area (Å²) < 4.78 is 2.06. The first kappa shape index (κ1) is 18.2. The second kappa shape index (κ2) is 8.54. The third-order valence-corrected chi connectivity index (χ3v) is 4.41. The highest BCUT2D eigenvalue weighted by atomic mass is 79.9. The van der Waals surface area contributed by atoms with Crippen molar-refractivity contribution in [1.29, 1.82) is 0 Å². The third kappa shape index (κ3) is 5.43. The van der Waals surface area contributed by atoms with Crippen LogP contribution in [0.4, 0.5) is 5.69 Å². The van der Waals surface area contributed by atoms with Gasteiger partial charge >= 0.3 is 0 Å². The van der Waals surface area contributed by atoms with Crippen molar-refractivity contribution >= 4 is 21.6 Å². The number of hydrogen-bond donors (Lipinski definition) is 1. The van der Waals surface area contributed by atoms with Crippen LogP contribution in [0.25, 0.3) is 0 Å². The number of likely N-dealkylation sites (N-methyl/N-ethyl adjacent to an activating group) is 1. The fraction of sp³-hybridized carbons (Fsp3) is 0.733. The SMILES string of the molecule is CCC(C)N(C)CCNc1cnn(CC(C)C)c(=O)c1Br. The van der Waals surface area contributed by atoms with E-state index in [1.807, 2.05) is 0 Å². The molecule has 0 saturated heterocycles. The van der Waals surface area contributed by atoms with E-state index in [4.69, 9.17) is 0 Å². The van der Waals surface area contributed by atoms with Gasteiger partial charge in [0.05, 0.1) is 11.9 Å². The summed E-state index contributed by atoms with van der Waals surface area (Å²) in [5.41, 5.74) is 0.682. The average molecular weight is 359 g/mol.